The quantitative estimate of drug-likeness (QED) is 0.807. The van der Waals surface area contributed by atoms with Gasteiger partial charge in [0.25, 0.3) is 0 Å². The molecule has 0 saturated heterocycles. The first-order chi connectivity index (χ1) is 8.63. The molecule has 7 nitrogen and oxygen atoms in total. The minimum atomic E-state index is -0.810. The Kier molecular flexibility index (Phi) is 3.88. The Morgan fingerprint density at radius 3 is 3.11 bits per heavy atom. The van der Waals surface area contributed by atoms with Gasteiger partial charge >= 0.3 is 5.97 Å². The summed E-state index contributed by atoms with van der Waals surface area (Å²) in [4.78, 5) is 18.8. The van der Waals surface area contributed by atoms with Crippen LogP contribution in [-0.2, 0) is 24.8 Å². The third kappa shape index (κ3) is 3.52. The summed E-state index contributed by atoms with van der Waals surface area (Å²) in [5, 5.41) is 18.4. The standard InChI is InChI=1S/C10H13N5O2S/c1-15-6-12-8(14-15)4-11-10-13-7(5-18-10)2-3-9(16)17/h5-6H,2-4H2,1H3,(H,11,13)(H,16,17). The lowest BCUT2D eigenvalue weighted by Gasteiger charge is -1.97. The number of carbonyl (C=O) groups is 1. The molecule has 0 aliphatic heterocycles. The summed E-state index contributed by atoms with van der Waals surface area (Å²) < 4.78 is 1.64. The van der Waals surface area contributed by atoms with Crippen LogP contribution in [0.2, 0.25) is 0 Å². The summed E-state index contributed by atoms with van der Waals surface area (Å²) in [6.45, 7) is 0.507. The van der Waals surface area contributed by atoms with Gasteiger partial charge in [-0.15, -0.1) is 11.3 Å². The van der Waals surface area contributed by atoms with Crippen LogP contribution < -0.4 is 5.32 Å². The first kappa shape index (κ1) is 12.5. The SMILES string of the molecule is Cn1cnc(CNc2nc(CCC(=O)O)cs2)n1. The number of carboxylic acid groups (broad SMARTS) is 1. The van der Waals surface area contributed by atoms with Gasteiger partial charge in [-0.2, -0.15) is 5.10 Å². The number of thiazole rings is 1. The van der Waals surface area contributed by atoms with Crippen molar-refractivity contribution in [2.75, 3.05) is 5.32 Å². The topological polar surface area (TPSA) is 92.9 Å². The van der Waals surface area contributed by atoms with Gasteiger partial charge in [0, 0.05) is 18.8 Å². The molecule has 0 spiro atoms. The molecule has 0 aromatic carbocycles. The van der Waals surface area contributed by atoms with E-state index in [1.807, 2.05) is 12.4 Å². The molecule has 0 unspecified atom stereocenters. The number of aliphatic carboxylic acids is 1. The Labute approximate surface area is 108 Å². The van der Waals surface area contributed by atoms with Gasteiger partial charge in [-0.25, -0.2) is 9.97 Å². The number of hydrogen-bond acceptors (Lipinski definition) is 6. The summed E-state index contributed by atoms with van der Waals surface area (Å²) in [7, 11) is 1.81. The van der Waals surface area contributed by atoms with E-state index in [-0.39, 0.29) is 6.42 Å². The van der Waals surface area contributed by atoms with Gasteiger partial charge < -0.3 is 10.4 Å². The molecule has 0 amide bonds. The first-order valence-electron chi connectivity index (χ1n) is 5.38. The molecule has 2 rings (SSSR count). The second-order valence-electron chi connectivity index (χ2n) is 3.73. The number of anilines is 1. The normalized spacial score (nSPS) is 10.5. The van der Waals surface area contributed by atoms with Crippen molar-refractivity contribution in [3.05, 3.63) is 23.2 Å². The van der Waals surface area contributed by atoms with E-state index in [2.05, 4.69) is 20.4 Å². The highest BCUT2D eigenvalue weighted by Gasteiger charge is 2.05. The average Bonchev–Trinajstić information content (AvgIpc) is 2.93. The molecule has 0 radical (unpaired) electrons. The lowest BCUT2D eigenvalue weighted by molar-refractivity contribution is -0.136. The molecule has 0 bridgehead atoms. The van der Waals surface area contributed by atoms with E-state index in [1.54, 1.807) is 11.0 Å². The third-order valence-corrected chi connectivity index (χ3v) is 3.04. The van der Waals surface area contributed by atoms with Crippen LogP contribution in [0.25, 0.3) is 0 Å². The van der Waals surface area contributed by atoms with Gasteiger partial charge in [-0.05, 0) is 0 Å². The number of nitrogens with zero attached hydrogens (tertiary/aromatic N) is 4. The zero-order valence-corrected chi connectivity index (χ0v) is 10.6. The Hall–Kier alpha value is -1.96. The van der Waals surface area contributed by atoms with E-state index in [4.69, 9.17) is 5.11 Å². The molecule has 8 heteroatoms. The van der Waals surface area contributed by atoms with Crippen LogP contribution in [0.15, 0.2) is 11.7 Å². The van der Waals surface area contributed by atoms with Gasteiger partial charge in [-0.1, -0.05) is 0 Å². The molecule has 0 fully saturated rings. The third-order valence-electron chi connectivity index (χ3n) is 2.19. The molecule has 0 aliphatic carbocycles. The maximum Gasteiger partial charge on any atom is 0.303 e. The predicted molar refractivity (Wildman–Crippen MR) is 66.4 cm³/mol. The fourth-order valence-electron chi connectivity index (χ4n) is 1.36. The summed E-state index contributed by atoms with van der Waals surface area (Å²) in [5.41, 5.74) is 0.791. The molecule has 2 aromatic rings. The van der Waals surface area contributed by atoms with E-state index in [0.717, 1.165) is 10.8 Å². The minimum Gasteiger partial charge on any atom is -0.481 e. The smallest absolute Gasteiger partial charge is 0.303 e. The van der Waals surface area contributed by atoms with Gasteiger partial charge in [0.1, 0.15) is 6.33 Å². The number of carboxylic acids is 1. The molecule has 2 N–H and O–H groups in total. The van der Waals surface area contributed by atoms with Crippen LogP contribution in [0.3, 0.4) is 0 Å². The number of aromatic nitrogens is 4. The average molecular weight is 267 g/mol. The summed E-state index contributed by atoms with van der Waals surface area (Å²) in [6, 6.07) is 0. The maximum absolute atomic E-state index is 10.4. The largest absolute Gasteiger partial charge is 0.481 e. The van der Waals surface area contributed by atoms with E-state index in [0.29, 0.717) is 18.8 Å². The van der Waals surface area contributed by atoms with Crippen molar-refractivity contribution >= 4 is 22.4 Å². The molecule has 96 valence electrons. The fourth-order valence-corrected chi connectivity index (χ4v) is 2.10. The van der Waals surface area contributed by atoms with Crippen molar-refractivity contribution < 1.29 is 9.90 Å². The monoisotopic (exact) mass is 267 g/mol. The van der Waals surface area contributed by atoms with Crippen molar-refractivity contribution in [1.82, 2.24) is 19.7 Å². The number of aryl methyl sites for hydroxylation is 2. The molecule has 2 heterocycles. The molecular formula is C10H13N5O2S. The van der Waals surface area contributed by atoms with Crippen molar-refractivity contribution in [3.63, 3.8) is 0 Å². The highest BCUT2D eigenvalue weighted by Crippen LogP contribution is 2.16. The van der Waals surface area contributed by atoms with E-state index in [9.17, 15) is 4.79 Å². The summed E-state index contributed by atoms with van der Waals surface area (Å²) in [5.74, 6) is -0.116. The van der Waals surface area contributed by atoms with Crippen LogP contribution in [0, 0.1) is 0 Å². The van der Waals surface area contributed by atoms with Gasteiger partial charge in [0.05, 0.1) is 18.7 Å². The van der Waals surface area contributed by atoms with Gasteiger partial charge in [0.15, 0.2) is 11.0 Å². The maximum atomic E-state index is 10.4. The number of nitrogens with one attached hydrogen (secondary N) is 1. The number of hydrogen-bond donors (Lipinski definition) is 2. The minimum absolute atomic E-state index is 0.102. The molecule has 0 aliphatic rings. The lowest BCUT2D eigenvalue weighted by atomic mass is 10.2. The second-order valence-corrected chi connectivity index (χ2v) is 4.58. The van der Waals surface area contributed by atoms with Crippen molar-refractivity contribution in [2.45, 2.75) is 19.4 Å². The molecule has 0 saturated carbocycles. The highest BCUT2D eigenvalue weighted by molar-refractivity contribution is 7.13. The summed E-state index contributed by atoms with van der Waals surface area (Å²) >= 11 is 1.45. The van der Waals surface area contributed by atoms with Crippen LogP contribution in [0.5, 0.6) is 0 Å². The predicted octanol–water partition coefficient (Wildman–Crippen LogP) is 0.901. The first-order valence-corrected chi connectivity index (χ1v) is 6.26. The van der Waals surface area contributed by atoms with Gasteiger partial charge in [-0.3, -0.25) is 9.48 Å². The summed E-state index contributed by atoms with van der Waals surface area (Å²) in [6.07, 6.45) is 2.19. The van der Waals surface area contributed by atoms with E-state index >= 15 is 0 Å². The van der Waals surface area contributed by atoms with Crippen molar-refractivity contribution in [1.29, 1.82) is 0 Å². The van der Waals surface area contributed by atoms with Crippen LogP contribution in [0.1, 0.15) is 17.9 Å². The van der Waals surface area contributed by atoms with Gasteiger partial charge in [0.2, 0.25) is 0 Å². The van der Waals surface area contributed by atoms with Crippen LogP contribution in [-0.4, -0.2) is 30.8 Å². The lowest BCUT2D eigenvalue weighted by Crippen LogP contribution is -2.02. The van der Waals surface area contributed by atoms with E-state index in [1.165, 1.54) is 11.3 Å². The Morgan fingerprint density at radius 2 is 2.44 bits per heavy atom. The molecule has 2 aromatic heterocycles. The Bertz CT molecular complexity index is 536. The molecular weight excluding hydrogens is 254 g/mol. The van der Waals surface area contributed by atoms with Crippen molar-refractivity contribution in [2.24, 2.45) is 7.05 Å². The number of rotatable bonds is 6. The van der Waals surface area contributed by atoms with E-state index < -0.39 is 5.97 Å². The molecule has 0 atom stereocenters. The Morgan fingerprint density at radius 1 is 1.61 bits per heavy atom. The van der Waals surface area contributed by atoms with Crippen LogP contribution >= 0.6 is 11.3 Å². The fraction of sp³-hybridized carbons (Fsp3) is 0.400. The highest BCUT2D eigenvalue weighted by atomic mass is 32.1. The molecule has 18 heavy (non-hydrogen) atoms. The zero-order chi connectivity index (χ0) is 13.0. The zero-order valence-electron chi connectivity index (χ0n) is 9.83. The van der Waals surface area contributed by atoms with Crippen LogP contribution in [0.4, 0.5) is 5.13 Å². The van der Waals surface area contributed by atoms with Crippen molar-refractivity contribution in [3.8, 4) is 0 Å². The Balaban J connectivity index is 1.84. The second kappa shape index (κ2) is 5.58.